The Kier molecular flexibility index (Phi) is 7.67. The number of benzene rings is 2. The average Bonchev–Trinajstić information content (AvgIpc) is 2.52. The van der Waals surface area contributed by atoms with E-state index in [0.29, 0.717) is 13.2 Å². The molecule has 3 nitrogen and oxygen atoms in total. The zero-order chi connectivity index (χ0) is 14.2. The number of amides is 1. The number of hydrogen-bond acceptors (Lipinski definition) is 2. The Bertz CT molecular complexity index is 531. The Labute approximate surface area is 138 Å². The largest absolute Gasteiger partial charge is 1.00 e. The van der Waals surface area contributed by atoms with Gasteiger partial charge >= 0.3 is 25.0 Å². The molecular weight excluding hydrogens is 257 g/mol. The second-order valence-corrected chi connectivity index (χ2v) is 4.41. The molecule has 1 amide bonds. The molecule has 2 aromatic rings. The summed E-state index contributed by atoms with van der Waals surface area (Å²) in [5.41, 5.74) is 2.05. The van der Waals surface area contributed by atoms with Gasteiger partial charge in [0.15, 0.2) is 0 Å². The van der Waals surface area contributed by atoms with E-state index in [4.69, 9.17) is 4.74 Å². The Morgan fingerprint density at radius 1 is 1.00 bits per heavy atom. The third-order valence-corrected chi connectivity index (χ3v) is 2.95. The predicted octanol–water partition coefficient (Wildman–Crippen LogP) is 1.01. The van der Waals surface area contributed by atoms with Crippen LogP contribution in [0.15, 0.2) is 60.7 Å². The van der Waals surface area contributed by atoms with Crippen LogP contribution >= 0.6 is 0 Å². The van der Waals surface area contributed by atoms with Gasteiger partial charge in [0, 0.05) is 6.54 Å². The van der Waals surface area contributed by atoms with Crippen molar-refractivity contribution in [3.05, 3.63) is 78.3 Å². The third kappa shape index (κ3) is 5.67. The molecule has 0 saturated heterocycles. The van der Waals surface area contributed by atoms with Crippen molar-refractivity contribution in [2.45, 2.75) is 20.1 Å². The van der Waals surface area contributed by atoms with Crippen LogP contribution in [0.5, 0.6) is 0 Å². The summed E-state index contributed by atoms with van der Waals surface area (Å²) in [6.07, 6.45) is -0.333. The van der Waals surface area contributed by atoms with Gasteiger partial charge in [0.1, 0.15) is 6.61 Å². The van der Waals surface area contributed by atoms with Crippen LogP contribution in [0.4, 0.5) is 4.79 Å². The minimum atomic E-state index is -0.333. The van der Waals surface area contributed by atoms with Gasteiger partial charge in [-0.25, -0.2) is 11.3 Å². The van der Waals surface area contributed by atoms with Crippen LogP contribution in [0.3, 0.4) is 0 Å². The molecule has 0 aliphatic rings. The average molecular weight is 275 g/mol. The minimum absolute atomic E-state index is 0. The molecule has 21 heavy (non-hydrogen) atoms. The smallest absolute Gasteiger partial charge is 0.454 e. The molecule has 0 saturated carbocycles. The van der Waals surface area contributed by atoms with E-state index < -0.39 is 0 Å². The Morgan fingerprint density at radius 3 is 2.05 bits per heavy atom. The molecule has 0 heterocycles. The number of carbonyl (C=O) groups excluding carboxylic acids is 1. The van der Waals surface area contributed by atoms with E-state index in [-0.39, 0.29) is 25.0 Å². The zero-order valence-corrected chi connectivity index (χ0v) is 12.5. The van der Waals surface area contributed by atoms with Crippen LogP contribution in [-0.2, 0) is 17.9 Å². The fourth-order valence-corrected chi connectivity index (χ4v) is 1.84. The van der Waals surface area contributed by atoms with Gasteiger partial charge in [-0.15, -0.1) is 0 Å². The summed E-state index contributed by atoms with van der Waals surface area (Å²) < 4.78 is 5.31. The predicted molar refractivity (Wildman–Crippen MR) is 78.6 cm³/mol. The van der Waals surface area contributed by atoms with Crippen LogP contribution in [-0.4, -0.2) is 11.0 Å². The third-order valence-electron chi connectivity index (χ3n) is 2.95. The van der Waals surface area contributed by atoms with Crippen molar-refractivity contribution in [1.29, 1.82) is 0 Å². The standard InChI is InChI=1S/C17H18NO2.Li/c1-2-18(13-15-9-5-3-6-10-15)17(19)20-14-16-11-7-4-8-12-16;/h2-12H,13-14H2,1H3;/q-1;+1. The van der Waals surface area contributed by atoms with E-state index in [2.05, 4.69) is 0 Å². The Hall–Kier alpha value is -1.69. The van der Waals surface area contributed by atoms with Gasteiger partial charge in [0.25, 0.3) is 0 Å². The summed E-state index contributed by atoms with van der Waals surface area (Å²) in [6.45, 7) is 4.37. The molecule has 2 aromatic carbocycles. The van der Waals surface area contributed by atoms with E-state index in [1.54, 1.807) is 11.4 Å². The summed E-state index contributed by atoms with van der Waals surface area (Å²) in [6, 6.07) is 19.5. The molecule has 104 valence electrons. The van der Waals surface area contributed by atoms with Crippen molar-refractivity contribution in [1.82, 2.24) is 4.90 Å². The van der Waals surface area contributed by atoms with E-state index in [0.717, 1.165) is 11.1 Å². The minimum Gasteiger partial charge on any atom is -0.454 e. The van der Waals surface area contributed by atoms with Crippen molar-refractivity contribution in [2.24, 2.45) is 0 Å². The van der Waals surface area contributed by atoms with Gasteiger partial charge < -0.3 is 9.64 Å². The zero-order valence-electron chi connectivity index (χ0n) is 12.5. The maximum Gasteiger partial charge on any atom is 1.00 e. The summed E-state index contributed by atoms with van der Waals surface area (Å²) in [7, 11) is 0. The molecule has 0 N–H and O–H groups in total. The van der Waals surface area contributed by atoms with Crippen LogP contribution in [0, 0.1) is 6.54 Å². The van der Waals surface area contributed by atoms with Crippen molar-refractivity contribution in [3.8, 4) is 0 Å². The van der Waals surface area contributed by atoms with E-state index in [9.17, 15) is 4.79 Å². The Morgan fingerprint density at radius 2 is 1.52 bits per heavy atom. The maximum atomic E-state index is 12.0. The molecule has 0 aromatic heterocycles. The molecule has 4 heteroatoms. The van der Waals surface area contributed by atoms with Crippen LogP contribution in [0.2, 0.25) is 0 Å². The first-order chi connectivity index (χ1) is 9.79. The molecule has 0 fully saturated rings. The molecule has 0 radical (unpaired) electrons. The van der Waals surface area contributed by atoms with Crippen LogP contribution in [0.25, 0.3) is 0 Å². The fraction of sp³-hybridized carbons (Fsp3) is 0.176. The molecule has 0 spiro atoms. The molecule has 0 aliphatic heterocycles. The Balaban J connectivity index is 0.00000220. The first kappa shape index (κ1) is 17.4. The summed E-state index contributed by atoms with van der Waals surface area (Å²) in [5.74, 6) is 0. The number of ether oxygens (including phenoxy) is 1. The molecular formula is C17H18LiNO2. The first-order valence-electron chi connectivity index (χ1n) is 6.60. The van der Waals surface area contributed by atoms with E-state index >= 15 is 0 Å². The number of rotatable bonds is 5. The van der Waals surface area contributed by atoms with Crippen molar-refractivity contribution < 1.29 is 28.4 Å². The van der Waals surface area contributed by atoms with Gasteiger partial charge in [-0.2, -0.15) is 6.92 Å². The van der Waals surface area contributed by atoms with Gasteiger partial charge in [-0.05, 0) is 11.1 Å². The quantitative estimate of drug-likeness (QED) is 0.602. The second kappa shape index (κ2) is 9.28. The molecule has 0 aliphatic carbocycles. The van der Waals surface area contributed by atoms with E-state index in [1.807, 2.05) is 67.6 Å². The molecule has 2 rings (SSSR count). The maximum absolute atomic E-state index is 12.0. The second-order valence-electron chi connectivity index (χ2n) is 4.41. The van der Waals surface area contributed by atoms with Crippen LogP contribution in [0.1, 0.15) is 18.1 Å². The number of carbonyl (C=O) groups is 1. The molecule has 0 atom stereocenters. The topological polar surface area (TPSA) is 29.5 Å². The first-order valence-corrected chi connectivity index (χ1v) is 6.60. The monoisotopic (exact) mass is 275 g/mol. The van der Waals surface area contributed by atoms with Gasteiger partial charge in [-0.3, -0.25) is 0 Å². The summed E-state index contributed by atoms with van der Waals surface area (Å²) in [5, 5.41) is 0. The van der Waals surface area contributed by atoms with Crippen molar-refractivity contribution >= 4 is 6.09 Å². The van der Waals surface area contributed by atoms with Crippen LogP contribution < -0.4 is 18.9 Å². The van der Waals surface area contributed by atoms with Gasteiger partial charge in [0.05, 0.1) is 0 Å². The van der Waals surface area contributed by atoms with E-state index in [1.165, 1.54) is 0 Å². The van der Waals surface area contributed by atoms with Crippen molar-refractivity contribution in [2.75, 3.05) is 0 Å². The fourth-order valence-electron chi connectivity index (χ4n) is 1.84. The SMILES string of the molecule is C[CH-]N(Cc1ccccc1)C(=O)OCc1ccccc1.[Li+]. The summed E-state index contributed by atoms with van der Waals surface area (Å²) in [4.78, 5) is 13.6. The molecule has 0 bridgehead atoms. The number of hydrogen-bond donors (Lipinski definition) is 0. The summed E-state index contributed by atoms with van der Waals surface area (Å²) >= 11 is 0. The van der Waals surface area contributed by atoms with Gasteiger partial charge in [0.2, 0.25) is 0 Å². The normalized spacial score (nSPS) is 9.57. The number of nitrogens with zero attached hydrogens (tertiary/aromatic N) is 1. The van der Waals surface area contributed by atoms with Crippen molar-refractivity contribution in [3.63, 3.8) is 0 Å². The molecule has 0 unspecified atom stereocenters. The van der Waals surface area contributed by atoms with Gasteiger partial charge in [-0.1, -0.05) is 60.7 Å².